The quantitative estimate of drug-likeness (QED) is 0.538. The van der Waals surface area contributed by atoms with Gasteiger partial charge >= 0.3 is 0 Å². The lowest BCUT2D eigenvalue weighted by atomic mass is 9.95. The van der Waals surface area contributed by atoms with Gasteiger partial charge < -0.3 is 10.6 Å². The molecule has 2 aromatic carbocycles. The van der Waals surface area contributed by atoms with Crippen molar-refractivity contribution in [1.82, 2.24) is 15.1 Å². The Hall–Kier alpha value is -3.12. The van der Waals surface area contributed by atoms with E-state index in [1.54, 1.807) is 18.2 Å². The Bertz CT molecular complexity index is 1180. The molecule has 0 atom stereocenters. The maximum absolute atomic E-state index is 13.2. The molecule has 2 aliphatic rings. The molecule has 3 aromatic rings. The molecular weight excluding hydrogens is 436 g/mol. The molecule has 33 heavy (non-hydrogen) atoms. The second kappa shape index (κ2) is 9.40. The number of anilines is 1. The molecule has 5 rings (SSSR count). The van der Waals surface area contributed by atoms with E-state index < -0.39 is 0 Å². The lowest BCUT2D eigenvalue weighted by Crippen LogP contribution is -2.36. The fraction of sp³-hybridized carbons (Fsp3) is 0.346. The van der Waals surface area contributed by atoms with Gasteiger partial charge in [0.2, 0.25) is 0 Å². The van der Waals surface area contributed by atoms with E-state index in [9.17, 15) is 9.59 Å². The highest BCUT2D eigenvalue weighted by Gasteiger charge is 2.27. The standard InChI is InChI=1S/C26H27ClN4O2/c27-22-15-14-18(16-21(22)25(32)28-17-8-3-1-4-9-17)29-26(33)24-20-12-7-13-23(20)31(30-24)19-10-5-2-6-11-19/h2,5-6,10-11,14-17H,1,3-4,7-9,12-13H2,(H,28,32)(H,29,33). The van der Waals surface area contributed by atoms with Crippen molar-refractivity contribution in [3.05, 3.63) is 76.1 Å². The smallest absolute Gasteiger partial charge is 0.276 e. The van der Waals surface area contributed by atoms with E-state index in [1.165, 1.54) is 6.42 Å². The Kier molecular flexibility index (Phi) is 6.18. The number of carbonyl (C=O) groups excluding carboxylic acids is 2. The molecule has 0 radical (unpaired) electrons. The first-order valence-electron chi connectivity index (χ1n) is 11.7. The molecule has 1 saturated carbocycles. The van der Waals surface area contributed by atoms with Crippen molar-refractivity contribution >= 4 is 29.1 Å². The van der Waals surface area contributed by atoms with Gasteiger partial charge in [0.05, 0.1) is 16.3 Å². The number of para-hydroxylation sites is 1. The molecule has 6 nitrogen and oxygen atoms in total. The third kappa shape index (κ3) is 4.53. The van der Waals surface area contributed by atoms with Gasteiger partial charge in [-0.3, -0.25) is 9.59 Å². The highest BCUT2D eigenvalue weighted by Crippen LogP contribution is 2.29. The van der Waals surface area contributed by atoms with E-state index >= 15 is 0 Å². The molecule has 7 heteroatoms. The summed E-state index contributed by atoms with van der Waals surface area (Å²) in [5, 5.41) is 11.0. The number of nitrogens with zero attached hydrogens (tertiary/aromatic N) is 2. The molecule has 2 aliphatic carbocycles. The second-order valence-electron chi connectivity index (χ2n) is 8.83. The van der Waals surface area contributed by atoms with Crippen LogP contribution in [-0.4, -0.2) is 27.6 Å². The van der Waals surface area contributed by atoms with Crippen molar-refractivity contribution in [2.45, 2.75) is 57.4 Å². The first kappa shape index (κ1) is 21.7. The van der Waals surface area contributed by atoms with Crippen molar-refractivity contribution < 1.29 is 9.59 Å². The normalized spacial score (nSPS) is 15.8. The summed E-state index contributed by atoms with van der Waals surface area (Å²) in [6.45, 7) is 0. The van der Waals surface area contributed by atoms with E-state index in [0.29, 0.717) is 22.0 Å². The maximum Gasteiger partial charge on any atom is 0.276 e. The molecule has 0 spiro atoms. The first-order chi connectivity index (χ1) is 16.1. The van der Waals surface area contributed by atoms with Crippen LogP contribution in [0, 0.1) is 0 Å². The van der Waals surface area contributed by atoms with Gasteiger partial charge in [-0.05, 0) is 62.4 Å². The monoisotopic (exact) mass is 462 g/mol. The van der Waals surface area contributed by atoms with E-state index in [1.807, 2.05) is 35.0 Å². The molecular formula is C26H27ClN4O2. The number of halogens is 1. The van der Waals surface area contributed by atoms with Crippen molar-refractivity contribution in [2.24, 2.45) is 0 Å². The summed E-state index contributed by atoms with van der Waals surface area (Å²) < 4.78 is 1.88. The van der Waals surface area contributed by atoms with Crippen LogP contribution in [0.4, 0.5) is 5.69 Å². The Balaban J connectivity index is 1.36. The summed E-state index contributed by atoms with van der Waals surface area (Å²) in [7, 11) is 0. The molecule has 1 heterocycles. The lowest BCUT2D eigenvalue weighted by molar-refractivity contribution is 0.0926. The Labute approximate surface area is 198 Å². The zero-order chi connectivity index (χ0) is 22.8. The molecule has 2 amide bonds. The van der Waals surface area contributed by atoms with Crippen LogP contribution in [0.2, 0.25) is 5.02 Å². The third-order valence-corrected chi connectivity index (χ3v) is 6.88. The number of amides is 2. The van der Waals surface area contributed by atoms with Crippen molar-refractivity contribution in [3.63, 3.8) is 0 Å². The fourth-order valence-corrected chi connectivity index (χ4v) is 5.08. The summed E-state index contributed by atoms with van der Waals surface area (Å²) in [4.78, 5) is 26.0. The first-order valence-corrected chi connectivity index (χ1v) is 12.1. The zero-order valence-corrected chi connectivity index (χ0v) is 19.2. The van der Waals surface area contributed by atoms with Gasteiger partial charge in [0.25, 0.3) is 11.8 Å². The van der Waals surface area contributed by atoms with Crippen LogP contribution in [0.15, 0.2) is 48.5 Å². The van der Waals surface area contributed by atoms with Crippen molar-refractivity contribution in [3.8, 4) is 5.69 Å². The average Bonchev–Trinajstić information content (AvgIpc) is 3.44. The number of nitrogens with one attached hydrogen (secondary N) is 2. The number of carbonyl (C=O) groups is 2. The SMILES string of the molecule is O=C(NC1CCCCC1)c1cc(NC(=O)c2nn(-c3ccccc3)c3c2CCC3)ccc1Cl. The average molecular weight is 463 g/mol. The number of benzene rings is 2. The van der Waals surface area contributed by atoms with Gasteiger partial charge in [0.15, 0.2) is 5.69 Å². The lowest BCUT2D eigenvalue weighted by Gasteiger charge is -2.23. The molecule has 0 aliphatic heterocycles. The Morgan fingerprint density at radius 3 is 2.52 bits per heavy atom. The van der Waals surface area contributed by atoms with Gasteiger partial charge in [-0.25, -0.2) is 4.68 Å². The van der Waals surface area contributed by atoms with Crippen LogP contribution < -0.4 is 10.6 Å². The molecule has 0 unspecified atom stereocenters. The van der Waals surface area contributed by atoms with Crippen molar-refractivity contribution in [1.29, 1.82) is 0 Å². The predicted octanol–water partition coefficient (Wildman–Crippen LogP) is 5.33. The molecule has 0 saturated heterocycles. The summed E-state index contributed by atoms with van der Waals surface area (Å²) in [5.74, 6) is -0.471. The van der Waals surface area contributed by atoms with Crippen molar-refractivity contribution in [2.75, 3.05) is 5.32 Å². The predicted molar refractivity (Wildman–Crippen MR) is 129 cm³/mol. The second-order valence-corrected chi connectivity index (χ2v) is 9.24. The number of aromatic nitrogens is 2. The van der Waals surface area contributed by atoms with E-state index in [2.05, 4.69) is 15.7 Å². The van der Waals surface area contributed by atoms with E-state index in [-0.39, 0.29) is 17.9 Å². The Morgan fingerprint density at radius 1 is 0.939 bits per heavy atom. The third-order valence-electron chi connectivity index (χ3n) is 6.56. The highest BCUT2D eigenvalue weighted by atomic mass is 35.5. The number of hydrogen-bond donors (Lipinski definition) is 2. The molecule has 0 bridgehead atoms. The van der Waals surface area contributed by atoms with Gasteiger partial charge in [-0.2, -0.15) is 5.10 Å². The molecule has 1 aromatic heterocycles. The summed E-state index contributed by atoms with van der Waals surface area (Å²) in [5.41, 5.74) is 4.38. The van der Waals surface area contributed by atoms with Crippen LogP contribution in [0.25, 0.3) is 5.69 Å². The maximum atomic E-state index is 13.2. The minimum absolute atomic E-state index is 0.185. The molecule has 170 valence electrons. The van der Waals surface area contributed by atoms with Gasteiger partial charge in [0, 0.05) is 23.0 Å². The van der Waals surface area contributed by atoms with Gasteiger partial charge in [0.1, 0.15) is 0 Å². The van der Waals surface area contributed by atoms with E-state index in [0.717, 1.165) is 61.9 Å². The van der Waals surface area contributed by atoms with Gasteiger partial charge in [-0.1, -0.05) is 49.1 Å². The van der Waals surface area contributed by atoms with Crippen LogP contribution in [0.1, 0.15) is 70.6 Å². The van der Waals surface area contributed by atoms with Crippen LogP contribution in [-0.2, 0) is 12.8 Å². The number of fused-ring (bicyclic) bond motifs is 1. The van der Waals surface area contributed by atoms with Crippen LogP contribution in [0.3, 0.4) is 0 Å². The zero-order valence-electron chi connectivity index (χ0n) is 18.4. The minimum atomic E-state index is -0.274. The Morgan fingerprint density at radius 2 is 1.73 bits per heavy atom. The molecule has 2 N–H and O–H groups in total. The van der Waals surface area contributed by atoms with E-state index in [4.69, 9.17) is 11.6 Å². The van der Waals surface area contributed by atoms with Crippen LogP contribution in [0.5, 0.6) is 0 Å². The minimum Gasteiger partial charge on any atom is -0.349 e. The summed E-state index contributed by atoms with van der Waals surface area (Å²) in [6.07, 6.45) is 8.22. The van der Waals surface area contributed by atoms with Gasteiger partial charge in [-0.15, -0.1) is 0 Å². The largest absolute Gasteiger partial charge is 0.349 e. The topological polar surface area (TPSA) is 76.0 Å². The molecule has 1 fully saturated rings. The highest BCUT2D eigenvalue weighted by molar-refractivity contribution is 6.34. The fourth-order valence-electron chi connectivity index (χ4n) is 4.88. The number of hydrogen-bond acceptors (Lipinski definition) is 3. The summed E-state index contributed by atoms with van der Waals surface area (Å²) >= 11 is 6.32. The van der Waals surface area contributed by atoms with Crippen LogP contribution >= 0.6 is 11.6 Å². The summed E-state index contributed by atoms with van der Waals surface area (Å²) in [6, 6.07) is 15.1. The number of rotatable bonds is 5.